The number of aryl methyl sites for hydroxylation is 1. The van der Waals surface area contributed by atoms with Crippen LogP contribution in [0.5, 0.6) is 0 Å². The summed E-state index contributed by atoms with van der Waals surface area (Å²) in [6.45, 7) is 5.95. The maximum absolute atomic E-state index is 13.0. The Kier molecular flexibility index (Phi) is 5.35. The van der Waals surface area contributed by atoms with E-state index in [2.05, 4.69) is 10.4 Å². The van der Waals surface area contributed by atoms with Gasteiger partial charge < -0.3 is 5.32 Å². The van der Waals surface area contributed by atoms with Crippen molar-refractivity contribution in [1.29, 1.82) is 0 Å². The minimum Gasteiger partial charge on any atom is -0.321 e. The predicted molar refractivity (Wildman–Crippen MR) is 91.1 cm³/mol. The summed E-state index contributed by atoms with van der Waals surface area (Å²) in [5, 5.41) is 5.93. The number of hydrogen-bond donors (Lipinski definition) is 1. The first-order valence-corrected chi connectivity index (χ1v) is 7.79. The van der Waals surface area contributed by atoms with Gasteiger partial charge in [-0.05, 0) is 24.5 Å². The Balaban J connectivity index is 2.38. The molecule has 0 radical (unpaired) electrons. The lowest BCUT2D eigenvalue weighted by Gasteiger charge is -2.13. The van der Waals surface area contributed by atoms with Crippen LogP contribution < -0.4 is 5.32 Å². The Morgan fingerprint density at radius 3 is 2.48 bits per heavy atom. The van der Waals surface area contributed by atoms with E-state index in [4.69, 9.17) is 0 Å². The smallest absolute Gasteiger partial charge is 0.321 e. The zero-order chi connectivity index (χ0) is 18.8. The number of amides is 1. The molecule has 1 amide bonds. The zero-order valence-electron chi connectivity index (χ0n) is 14.5. The number of carbonyl (C=O) groups excluding carboxylic acids is 1. The molecule has 1 aromatic carbocycles. The molecule has 0 atom stereocenters. The molecule has 0 aliphatic carbocycles. The minimum atomic E-state index is -4.69. The van der Waals surface area contributed by atoms with Crippen LogP contribution in [0.15, 0.2) is 36.5 Å². The molecule has 0 aliphatic rings. The Bertz CT molecular complexity index is 804. The van der Waals surface area contributed by atoms with Crippen LogP contribution >= 0.6 is 0 Å². The SMILES string of the molecule is CC(=CC(C)C)c1ccccc1NC(=O)c1cn(C)nc1C(F)(F)F. The van der Waals surface area contributed by atoms with E-state index in [1.54, 1.807) is 12.1 Å². The first-order valence-electron chi connectivity index (χ1n) is 7.79. The van der Waals surface area contributed by atoms with Gasteiger partial charge in [0.1, 0.15) is 0 Å². The van der Waals surface area contributed by atoms with Crippen molar-refractivity contribution >= 4 is 17.2 Å². The number of para-hydroxylation sites is 1. The Hall–Kier alpha value is -2.57. The van der Waals surface area contributed by atoms with Gasteiger partial charge in [0.25, 0.3) is 5.91 Å². The van der Waals surface area contributed by atoms with Gasteiger partial charge in [0.05, 0.1) is 5.56 Å². The fourth-order valence-electron chi connectivity index (χ4n) is 2.58. The molecule has 134 valence electrons. The number of benzene rings is 1. The zero-order valence-corrected chi connectivity index (χ0v) is 14.5. The molecule has 2 rings (SSSR count). The topological polar surface area (TPSA) is 46.9 Å². The summed E-state index contributed by atoms with van der Waals surface area (Å²) in [4.78, 5) is 12.4. The van der Waals surface area contributed by atoms with E-state index in [1.165, 1.54) is 7.05 Å². The molecule has 0 bridgehead atoms. The maximum atomic E-state index is 13.0. The van der Waals surface area contributed by atoms with Gasteiger partial charge in [-0.2, -0.15) is 18.3 Å². The maximum Gasteiger partial charge on any atom is 0.435 e. The van der Waals surface area contributed by atoms with Crippen molar-refractivity contribution in [2.45, 2.75) is 26.9 Å². The molecular formula is C18H20F3N3O. The lowest BCUT2D eigenvalue weighted by Crippen LogP contribution is -2.18. The molecule has 1 aromatic heterocycles. The van der Waals surface area contributed by atoms with Crippen molar-refractivity contribution in [3.8, 4) is 0 Å². The second kappa shape index (κ2) is 7.13. The van der Waals surface area contributed by atoms with E-state index in [9.17, 15) is 18.0 Å². The predicted octanol–water partition coefficient (Wildman–Crippen LogP) is 4.75. The number of halogens is 3. The van der Waals surface area contributed by atoms with Crippen LogP contribution in [0, 0.1) is 5.92 Å². The molecule has 1 N–H and O–H groups in total. The van der Waals surface area contributed by atoms with Crippen LogP contribution in [0.2, 0.25) is 0 Å². The van der Waals surface area contributed by atoms with Crippen LogP contribution in [0.4, 0.5) is 18.9 Å². The first kappa shape index (κ1) is 18.8. The summed E-state index contributed by atoms with van der Waals surface area (Å²) in [5.41, 5.74) is 0.462. The number of alkyl halides is 3. The van der Waals surface area contributed by atoms with Crippen LogP contribution in [0.3, 0.4) is 0 Å². The third kappa shape index (κ3) is 4.49. The highest BCUT2D eigenvalue weighted by Crippen LogP contribution is 2.31. The van der Waals surface area contributed by atoms with Gasteiger partial charge in [0.2, 0.25) is 0 Å². The normalized spacial score (nSPS) is 12.6. The van der Waals surface area contributed by atoms with E-state index in [-0.39, 0.29) is 0 Å². The van der Waals surface area contributed by atoms with Crippen LogP contribution in [-0.4, -0.2) is 15.7 Å². The highest BCUT2D eigenvalue weighted by Gasteiger charge is 2.39. The second-order valence-corrected chi connectivity index (χ2v) is 6.16. The van der Waals surface area contributed by atoms with E-state index in [0.717, 1.165) is 22.0 Å². The Morgan fingerprint density at radius 2 is 1.88 bits per heavy atom. The molecule has 0 aliphatic heterocycles. The summed E-state index contributed by atoms with van der Waals surface area (Å²) in [7, 11) is 1.34. The van der Waals surface area contributed by atoms with Gasteiger partial charge >= 0.3 is 6.18 Å². The fraction of sp³-hybridized carbons (Fsp3) is 0.333. The summed E-state index contributed by atoms with van der Waals surface area (Å²) in [5.74, 6) is -0.538. The molecule has 1 heterocycles. The summed E-state index contributed by atoms with van der Waals surface area (Å²) in [6, 6.07) is 7.01. The molecule has 0 saturated carbocycles. The molecular weight excluding hydrogens is 331 g/mol. The lowest BCUT2D eigenvalue weighted by atomic mass is 10.0. The number of nitrogens with zero attached hydrogens (tertiary/aromatic N) is 2. The fourth-order valence-corrected chi connectivity index (χ4v) is 2.58. The molecule has 0 fully saturated rings. The number of hydrogen-bond acceptors (Lipinski definition) is 2. The molecule has 0 unspecified atom stereocenters. The number of carbonyl (C=O) groups is 1. The molecule has 2 aromatic rings. The molecule has 4 nitrogen and oxygen atoms in total. The number of anilines is 1. The van der Waals surface area contributed by atoms with E-state index in [1.807, 2.05) is 39.0 Å². The van der Waals surface area contributed by atoms with Gasteiger partial charge in [0.15, 0.2) is 5.69 Å². The van der Waals surface area contributed by atoms with Crippen LogP contribution in [0.1, 0.15) is 42.4 Å². The van der Waals surface area contributed by atoms with Gasteiger partial charge in [-0.3, -0.25) is 9.48 Å². The Morgan fingerprint density at radius 1 is 1.24 bits per heavy atom. The Labute approximate surface area is 144 Å². The van der Waals surface area contributed by atoms with E-state index < -0.39 is 23.3 Å². The lowest BCUT2D eigenvalue weighted by molar-refractivity contribution is -0.141. The number of rotatable bonds is 4. The minimum absolute atomic E-state index is 0.305. The van der Waals surface area contributed by atoms with Crippen LogP contribution in [-0.2, 0) is 13.2 Å². The van der Waals surface area contributed by atoms with E-state index >= 15 is 0 Å². The van der Waals surface area contributed by atoms with Gasteiger partial charge in [-0.25, -0.2) is 0 Å². The second-order valence-electron chi connectivity index (χ2n) is 6.16. The highest BCUT2D eigenvalue weighted by atomic mass is 19.4. The van der Waals surface area contributed by atoms with Crippen molar-refractivity contribution < 1.29 is 18.0 Å². The van der Waals surface area contributed by atoms with Crippen LogP contribution in [0.25, 0.3) is 5.57 Å². The van der Waals surface area contributed by atoms with Crippen molar-refractivity contribution in [2.75, 3.05) is 5.32 Å². The average molecular weight is 351 g/mol. The summed E-state index contributed by atoms with van der Waals surface area (Å²) < 4.78 is 40.1. The summed E-state index contributed by atoms with van der Waals surface area (Å²) >= 11 is 0. The number of allylic oxidation sites excluding steroid dienone is 2. The third-order valence-electron chi connectivity index (χ3n) is 3.53. The largest absolute Gasteiger partial charge is 0.435 e. The van der Waals surface area contributed by atoms with E-state index in [0.29, 0.717) is 11.6 Å². The quantitative estimate of drug-likeness (QED) is 0.864. The van der Waals surface area contributed by atoms with Gasteiger partial charge in [-0.15, -0.1) is 0 Å². The first-order chi connectivity index (χ1) is 11.6. The average Bonchev–Trinajstić information content (AvgIpc) is 2.89. The van der Waals surface area contributed by atoms with Gasteiger partial charge in [0, 0.05) is 24.5 Å². The number of aromatic nitrogens is 2. The third-order valence-corrected chi connectivity index (χ3v) is 3.53. The van der Waals surface area contributed by atoms with Crippen molar-refractivity contribution in [2.24, 2.45) is 13.0 Å². The highest BCUT2D eigenvalue weighted by molar-refractivity contribution is 6.06. The van der Waals surface area contributed by atoms with Crippen molar-refractivity contribution in [3.63, 3.8) is 0 Å². The molecule has 7 heteroatoms. The summed E-state index contributed by atoms with van der Waals surface area (Å²) in [6.07, 6.45) is -1.60. The van der Waals surface area contributed by atoms with Crippen molar-refractivity contribution in [3.05, 3.63) is 53.4 Å². The number of nitrogens with one attached hydrogen (secondary N) is 1. The molecule has 0 saturated heterocycles. The molecule has 0 spiro atoms. The van der Waals surface area contributed by atoms with Gasteiger partial charge in [-0.1, -0.05) is 38.1 Å². The molecule has 25 heavy (non-hydrogen) atoms. The van der Waals surface area contributed by atoms with Crippen molar-refractivity contribution in [1.82, 2.24) is 9.78 Å². The standard InChI is InChI=1S/C18H20F3N3O/c1-11(2)9-12(3)13-7-5-6-8-15(13)22-17(25)14-10-24(4)23-16(14)18(19,20)21/h5-11H,1-4H3,(H,22,25). The monoisotopic (exact) mass is 351 g/mol.